The van der Waals surface area contributed by atoms with Gasteiger partial charge >= 0.3 is 76.2 Å². The van der Waals surface area contributed by atoms with Gasteiger partial charge in [-0.2, -0.15) is 0 Å². The van der Waals surface area contributed by atoms with Gasteiger partial charge in [0.15, 0.2) is 0 Å². The molecular formula is C3H5N3Na2O3. The maximum absolute atomic E-state index is 10.2. The van der Waals surface area contributed by atoms with Crippen LogP contribution in [0.25, 0.3) is 0 Å². The Bertz CT molecular complexity index is 292. The van der Waals surface area contributed by atoms with Gasteiger partial charge in [0.2, 0.25) is 0 Å². The van der Waals surface area contributed by atoms with Crippen molar-refractivity contribution in [1.82, 2.24) is 15.0 Å². The smallest absolute Gasteiger partial charge is 1.00 e. The molecule has 8 heteroatoms. The van der Waals surface area contributed by atoms with E-state index in [2.05, 4.69) is 0 Å². The Morgan fingerprint density at radius 3 is 1.09 bits per heavy atom. The van der Waals surface area contributed by atoms with Crippen LogP contribution < -0.4 is 76.2 Å². The van der Waals surface area contributed by atoms with Crippen molar-refractivity contribution in [2.75, 3.05) is 0 Å². The normalized spacial score (nSPS) is 7.64. The molecule has 0 unspecified atom stereocenters. The van der Waals surface area contributed by atoms with E-state index in [1.54, 1.807) is 15.0 Å². The molecule has 1 aromatic heterocycles. The molecule has 0 aliphatic rings. The van der Waals surface area contributed by atoms with Crippen molar-refractivity contribution in [3.05, 3.63) is 31.5 Å². The number of aromatic nitrogens is 3. The van der Waals surface area contributed by atoms with E-state index in [1.807, 2.05) is 0 Å². The third-order valence-electron chi connectivity index (χ3n) is 0.681. The summed E-state index contributed by atoms with van der Waals surface area (Å²) in [6, 6.07) is 0. The Labute approximate surface area is 107 Å². The molecule has 3 N–H and O–H groups in total. The first-order valence-electron chi connectivity index (χ1n) is 2.11. The van der Waals surface area contributed by atoms with Gasteiger partial charge in [0, 0.05) is 0 Å². The number of aromatic amines is 3. The summed E-state index contributed by atoms with van der Waals surface area (Å²) in [6.45, 7) is 0. The minimum Gasteiger partial charge on any atom is -1.00 e. The summed E-state index contributed by atoms with van der Waals surface area (Å²) >= 11 is 0. The minimum absolute atomic E-state index is 0. The molecule has 0 aromatic carbocycles. The Kier molecular flexibility index (Phi) is 7.60. The third kappa shape index (κ3) is 4.78. The first kappa shape index (κ1) is 14.0. The second kappa shape index (κ2) is 5.99. The zero-order valence-corrected chi connectivity index (χ0v) is 10.2. The van der Waals surface area contributed by atoms with Crippen LogP contribution in [0.1, 0.15) is 2.85 Å². The van der Waals surface area contributed by atoms with Crippen molar-refractivity contribution in [2.24, 2.45) is 0 Å². The van der Waals surface area contributed by atoms with Crippen LogP contribution in [-0.2, 0) is 0 Å². The predicted octanol–water partition coefficient (Wildman–Crippen LogP) is -8.02. The van der Waals surface area contributed by atoms with E-state index in [1.165, 1.54) is 0 Å². The summed E-state index contributed by atoms with van der Waals surface area (Å²) < 4.78 is 0. The molecule has 0 radical (unpaired) electrons. The van der Waals surface area contributed by atoms with Crippen molar-refractivity contribution >= 4 is 0 Å². The van der Waals surface area contributed by atoms with Gasteiger partial charge in [0.25, 0.3) is 0 Å². The molecule has 11 heavy (non-hydrogen) atoms. The van der Waals surface area contributed by atoms with Gasteiger partial charge in [0.1, 0.15) is 0 Å². The number of hydrogen-bond donors (Lipinski definition) is 3. The number of rotatable bonds is 0. The van der Waals surface area contributed by atoms with Gasteiger partial charge < -0.3 is 2.85 Å². The topological polar surface area (TPSA) is 98.6 Å². The van der Waals surface area contributed by atoms with E-state index in [9.17, 15) is 14.4 Å². The van der Waals surface area contributed by atoms with Crippen molar-refractivity contribution in [3.63, 3.8) is 0 Å². The SMILES string of the molecule is O=c1[nH]c(=O)[nH]c(=O)[nH]1.[H-].[H-].[Na+].[Na+]. The molecule has 1 heterocycles. The first-order valence-corrected chi connectivity index (χ1v) is 2.11. The van der Waals surface area contributed by atoms with E-state index >= 15 is 0 Å². The maximum Gasteiger partial charge on any atom is 1.00 e. The summed E-state index contributed by atoms with van der Waals surface area (Å²) in [5, 5.41) is 0. The summed E-state index contributed by atoms with van der Waals surface area (Å²) in [7, 11) is 0. The molecule has 0 atom stereocenters. The van der Waals surface area contributed by atoms with E-state index in [-0.39, 0.29) is 62.0 Å². The molecule has 52 valence electrons. The average molecular weight is 177 g/mol. The standard InChI is InChI=1S/C3H3N3O3.2Na.2H/c7-1-4-2(8)6-3(9)5-1;;;;/h(H3,4,5,6,7,8,9);;;;/q;2*+1;2*-1. The fraction of sp³-hybridized carbons (Fsp3) is 0. The van der Waals surface area contributed by atoms with E-state index in [0.717, 1.165) is 0 Å². The molecule has 0 spiro atoms. The summed E-state index contributed by atoms with van der Waals surface area (Å²) in [4.78, 5) is 35.9. The number of nitrogens with one attached hydrogen (secondary N) is 3. The van der Waals surface area contributed by atoms with Gasteiger partial charge in [-0.15, -0.1) is 0 Å². The quantitative estimate of drug-likeness (QED) is 0.343. The molecule has 0 fully saturated rings. The molecular weight excluding hydrogens is 172 g/mol. The molecule has 0 aliphatic heterocycles. The van der Waals surface area contributed by atoms with Gasteiger partial charge in [-0.3, -0.25) is 15.0 Å². The first-order chi connectivity index (χ1) is 4.18. The van der Waals surface area contributed by atoms with E-state index < -0.39 is 17.1 Å². The number of hydrogen-bond acceptors (Lipinski definition) is 3. The summed E-state index contributed by atoms with van der Waals surface area (Å²) in [5.74, 6) is 0. The molecule has 0 saturated carbocycles. The molecule has 0 amide bonds. The molecule has 6 nitrogen and oxygen atoms in total. The van der Waals surface area contributed by atoms with Crippen LogP contribution in [0.2, 0.25) is 0 Å². The summed E-state index contributed by atoms with van der Waals surface area (Å²) in [5.41, 5.74) is -2.41. The zero-order valence-electron chi connectivity index (χ0n) is 8.22. The Hall–Kier alpha value is 0.410. The monoisotopic (exact) mass is 177 g/mol. The van der Waals surface area contributed by atoms with Gasteiger partial charge in [-0.05, 0) is 0 Å². The van der Waals surface area contributed by atoms with Crippen LogP contribution in [-0.4, -0.2) is 15.0 Å². The Morgan fingerprint density at radius 2 is 0.909 bits per heavy atom. The maximum atomic E-state index is 10.2. The molecule has 1 rings (SSSR count). The zero-order chi connectivity index (χ0) is 6.85. The fourth-order valence-electron chi connectivity index (χ4n) is 0.403. The predicted molar refractivity (Wildman–Crippen MR) is 30.5 cm³/mol. The molecule has 0 bridgehead atoms. The second-order valence-electron chi connectivity index (χ2n) is 1.36. The molecule has 0 aliphatic carbocycles. The van der Waals surface area contributed by atoms with E-state index in [0.29, 0.717) is 0 Å². The summed E-state index contributed by atoms with van der Waals surface area (Å²) in [6.07, 6.45) is 0. The van der Waals surface area contributed by atoms with Crippen molar-refractivity contribution in [3.8, 4) is 0 Å². The molecule has 1 aromatic rings. The van der Waals surface area contributed by atoms with Gasteiger partial charge in [-0.1, -0.05) is 0 Å². The van der Waals surface area contributed by atoms with Crippen molar-refractivity contribution in [2.45, 2.75) is 0 Å². The minimum atomic E-state index is -0.802. The fourth-order valence-corrected chi connectivity index (χ4v) is 0.403. The van der Waals surface area contributed by atoms with Crippen molar-refractivity contribution < 1.29 is 62.0 Å². The van der Waals surface area contributed by atoms with Crippen LogP contribution in [0.3, 0.4) is 0 Å². The van der Waals surface area contributed by atoms with Gasteiger partial charge in [0.05, 0.1) is 0 Å². The van der Waals surface area contributed by atoms with Crippen LogP contribution in [0.4, 0.5) is 0 Å². The second-order valence-corrected chi connectivity index (χ2v) is 1.36. The van der Waals surface area contributed by atoms with Crippen LogP contribution in [0.5, 0.6) is 0 Å². The largest absolute Gasteiger partial charge is 1.00 e. The third-order valence-corrected chi connectivity index (χ3v) is 0.681. The van der Waals surface area contributed by atoms with E-state index in [4.69, 9.17) is 0 Å². The van der Waals surface area contributed by atoms with Crippen LogP contribution in [0, 0.1) is 0 Å². The number of H-pyrrole nitrogens is 3. The average Bonchev–Trinajstić information content (AvgIpc) is 1.59. The Balaban J connectivity index is -0.000000101. The molecule has 0 saturated heterocycles. The Morgan fingerprint density at radius 1 is 0.727 bits per heavy atom. The van der Waals surface area contributed by atoms with Crippen LogP contribution in [0.15, 0.2) is 14.4 Å². The van der Waals surface area contributed by atoms with Crippen molar-refractivity contribution in [1.29, 1.82) is 0 Å². The van der Waals surface area contributed by atoms with Crippen LogP contribution >= 0.6 is 0 Å². The van der Waals surface area contributed by atoms with Gasteiger partial charge in [-0.25, -0.2) is 14.4 Å².